The minimum atomic E-state index is -0.400. The van der Waals surface area contributed by atoms with Gasteiger partial charge in [0.1, 0.15) is 11.6 Å². The van der Waals surface area contributed by atoms with Crippen molar-refractivity contribution >= 4 is 11.7 Å². The van der Waals surface area contributed by atoms with Gasteiger partial charge in [-0.25, -0.2) is 9.37 Å². The molecule has 2 rings (SSSR count). The van der Waals surface area contributed by atoms with Crippen LogP contribution in [-0.4, -0.2) is 22.8 Å². The average Bonchev–Trinajstić information content (AvgIpc) is 2.46. The van der Waals surface area contributed by atoms with Gasteiger partial charge in [-0.3, -0.25) is 4.79 Å². The summed E-state index contributed by atoms with van der Waals surface area (Å²) in [5, 5.41) is 0. The van der Waals surface area contributed by atoms with Crippen molar-refractivity contribution in [3.8, 4) is 0 Å². The number of pyridine rings is 1. The van der Waals surface area contributed by atoms with Crippen LogP contribution in [0.25, 0.3) is 0 Å². The standard InChI is InChI=1S/C15H16FN3O/c1-10(11-6-3-4-8-13(11)16)19(2)15(20)12-7-5-9-18-14(12)17/h3-10H,1-2H3,(H2,17,18). The first-order valence-corrected chi connectivity index (χ1v) is 6.24. The third kappa shape index (κ3) is 2.61. The van der Waals surface area contributed by atoms with Gasteiger partial charge < -0.3 is 10.6 Å². The quantitative estimate of drug-likeness (QED) is 0.935. The maximum Gasteiger partial charge on any atom is 0.257 e. The molecule has 4 nitrogen and oxygen atoms in total. The maximum atomic E-state index is 13.8. The van der Waals surface area contributed by atoms with Crippen molar-refractivity contribution in [3.05, 3.63) is 59.5 Å². The van der Waals surface area contributed by atoms with Crippen LogP contribution in [0.1, 0.15) is 28.9 Å². The van der Waals surface area contributed by atoms with E-state index in [1.54, 1.807) is 44.3 Å². The van der Waals surface area contributed by atoms with Gasteiger partial charge in [0.2, 0.25) is 0 Å². The summed E-state index contributed by atoms with van der Waals surface area (Å²) in [4.78, 5) is 17.7. The molecule has 0 aliphatic heterocycles. The Balaban J connectivity index is 2.28. The minimum Gasteiger partial charge on any atom is -0.383 e. The minimum absolute atomic E-state index is 0.171. The van der Waals surface area contributed by atoms with Crippen molar-refractivity contribution < 1.29 is 9.18 Å². The molecule has 0 fully saturated rings. The molecule has 0 radical (unpaired) electrons. The summed E-state index contributed by atoms with van der Waals surface area (Å²) in [6.45, 7) is 1.77. The van der Waals surface area contributed by atoms with Crippen LogP contribution >= 0.6 is 0 Å². The predicted octanol–water partition coefficient (Wildman–Crippen LogP) is 2.64. The van der Waals surface area contributed by atoms with Crippen molar-refractivity contribution in [2.45, 2.75) is 13.0 Å². The fourth-order valence-corrected chi connectivity index (χ4v) is 1.99. The lowest BCUT2D eigenvalue weighted by molar-refractivity contribution is 0.0741. The Morgan fingerprint density at radius 1 is 1.30 bits per heavy atom. The number of aromatic nitrogens is 1. The second kappa shape index (κ2) is 5.69. The van der Waals surface area contributed by atoms with Crippen molar-refractivity contribution in [2.24, 2.45) is 0 Å². The van der Waals surface area contributed by atoms with E-state index in [2.05, 4.69) is 4.98 Å². The zero-order valence-electron chi connectivity index (χ0n) is 11.4. The number of benzene rings is 1. The van der Waals surface area contributed by atoms with E-state index in [1.165, 1.54) is 17.2 Å². The number of anilines is 1. The molecule has 1 aromatic carbocycles. The van der Waals surface area contributed by atoms with E-state index in [1.807, 2.05) is 0 Å². The number of nitrogens with zero attached hydrogens (tertiary/aromatic N) is 2. The summed E-state index contributed by atoms with van der Waals surface area (Å²) < 4.78 is 13.8. The Hall–Kier alpha value is -2.43. The van der Waals surface area contributed by atoms with Gasteiger partial charge in [0.15, 0.2) is 0 Å². The van der Waals surface area contributed by atoms with Crippen molar-refractivity contribution in [2.75, 3.05) is 12.8 Å². The summed E-state index contributed by atoms with van der Waals surface area (Å²) in [5.74, 6) is -0.449. The molecular weight excluding hydrogens is 257 g/mol. The maximum absolute atomic E-state index is 13.8. The first-order valence-electron chi connectivity index (χ1n) is 6.24. The van der Waals surface area contributed by atoms with Gasteiger partial charge in [-0.2, -0.15) is 0 Å². The van der Waals surface area contributed by atoms with Gasteiger partial charge in [-0.1, -0.05) is 18.2 Å². The van der Waals surface area contributed by atoms with Crippen LogP contribution in [0.4, 0.5) is 10.2 Å². The highest BCUT2D eigenvalue weighted by Gasteiger charge is 2.22. The van der Waals surface area contributed by atoms with Crippen LogP contribution < -0.4 is 5.73 Å². The zero-order valence-corrected chi connectivity index (χ0v) is 11.4. The Labute approximate surface area is 117 Å². The van der Waals surface area contributed by atoms with E-state index >= 15 is 0 Å². The topological polar surface area (TPSA) is 59.2 Å². The normalized spacial score (nSPS) is 11.9. The Bertz CT molecular complexity index is 630. The zero-order chi connectivity index (χ0) is 14.7. The molecule has 5 heteroatoms. The van der Waals surface area contributed by atoms with E-state index in [9.17, 15) is 9.18 Å². The number of halogens is 1. The van der Waals surface area contributed by atoms with Crippen LogP contribution in [-0.2, 0) is 0 Å². The summed E-state index contributed by atoms with van der Waals surface area (Å²) in [7, 11) is 1.62. The summed E-state index contributed by atoms with van der Waals surface area (Å²) in [6, 6.07) is 9.25. The number of hydrogen-bond acceptors (Lipinski definition) is 3. The van der Waals surface area contributed by atoms with Gasteiger partial charge >= 0.3 is 0 Å². The first kappa shape index (κ1) is 14.0. The Morgan fingerprint density at radius 2 is 2.00 bits per heavy atom. The highest BCUT2D eigenvalue weighted by atomic mass is 19.1. The average molecular weight is 273 g/mol. The molecule has 1 aromatic heterocycles. The lowest BCUT2D eigenvalue weighted by atomic mass is 10.1. The number of nitrogens with two attached hydrogens (primary N) is 1. The summed E-state index contributed by atoms with van der Waals surface area (Å²) in [5.41, 5.74) is 6.48. The van der Waals surface area contributed by atoms with Crippen LogP contribution in [0, 0.1) is 5.82 Å². The fraction of sp³-hybridized carbons (Fsp3) is 0.200. The molecule has 0 saturated heterocycles. The van der Waals surface area contributed by atoms with Crippen molar-refractivity contribution in [1.29, 1.82) is 0 Å². The van der Waals surface area contributed by atoms with Crippen molar-refractivity contribution in [3.63, 3.8) is 0 Å². The molecular formula is C15H16FN3O. The lowest BCUT2D eigenvalue weighted by Crippen LogP contribution is -2.30. The van der Waals surface area contributed by atoms with Crippen LogP contribution in [0.3, 0.4) is 0 Å². The van der Waals surface area contributed by atoms with Crippen LogP contribution in [0.15, 0.2) is 42.6 Å². The van der Waals surface area contributed by atoms with E-state index in [0.717, 1.165) is 0 Å². The number of nitrogen functional groups attached to an aromatic ring is 1. The van der Waals surface area contributed by atoms with E-state index in [-0.39, 0.29) is 17.5 Å². The number of rotatable bonds is 3. The molecule has 2 aromatic rings. The molecule has 2 N–H and O–H groups in total. The SMILES string of the molecule is CC(c1ccccc1F)N(C)C(=O)c1cccnc1N. The predicted molar refractivity (Wildman–Crippen MR) is 75.6 cm³/mol. The summed E-state index contributed by atoms with van der Waals surface area (Å²) >= 11 is 0. The number of hydrogen-bond donors (Lipinski definition) is 1. The van der Waals surface area contributed by atoms with E-state index in [0.29, 0.717) is 11.1 Å². The van der Waals surface area contributed by atoms with Gasteiger partial charge in [-0.05, 0) is 25.1 Å². The first-order chi connectivity index (χ1) is 9.52. The molecule has 0 spiro atoms. The number of amides is 1. The van der Waals surface area contributed by atoms with Gasteiger partial charge in [0.05, 0.1) is 11.6 Å². The molecule has 0 aliphatic rings. The second-order valence-corrected chi connectivity index (χ2v) is 4.55. The number of carbonyl (C=O) groups is 1. The van der Waals surface area contributed by atoms with Crippen LogP contribution in [0.5, 0.6) is 0 Å². The molecule has 1 amide bonds. The Kier molecular flexibility index (Phi) is 3.98. The fourth-order valence-electron chi connectivity index (χ4n) is 1.99. The highest BCUT2D eigenvalue weighted by molar-refractivity contribution is 5.98. The molecule has 0 bridgehead atoms. The smallest absolute Gasteiger partial charge is 0.257 e. The highest BCUT2D eigenvalue weighted by Crippen LogP contribution is 2.23. The number of carbonyl (C=O) groups excluding carboxylic acids is 1. The molecule has 1 heterocycles. The molecule has 1 atom stereocenters. The third-order valence-corrected chi connectivity index (χ3v) is 3.33. The van der Waals surface area contributed by atoms with Gasteiger partial charge in [-0.15, -0.1) is 0 Å². The van der Waals surface area contributed by atoms with Gasteiger partial charge in [0, 0.05) is 18.8 Å². The summed E-state index contributed by atoms with van der Waals surface area (Å²) in [6.07, 6.45) is 1.52. The van der Waals surface area contributed by atoms with Crippen LogP contribution in [0.2, 0.25) is 0 Å². The lowest BCUT2D eigenvalue weighted by Gasteiger charge is -2.26. The third-order valence-electron chi connectivity index (χ3n) is 3.33. The molecule has 0 saturated carbocycles. The molecule has 104 valence electrons. The van der Waals surface area contributed by atoms with E-state index in [4.69, 9.17) is 5.73 Å². The van der Waals surface area contributed by atoms with Gasteiger partial charge in [0.25, 0.3) is 5.91 Å². The van der Waals surface area contributed by atoms with E-state index < -0.39 is 6.04 Å². The second-order valence-electron chi connectivity index (χ2n) is 4.55. The largest absolute Gasteiger partial charge is 0.383 e. The Morgan fingerprint density at radius 3 is 2.65 bits per heavy atom. The molecule has 0 aliphatic carbocycles. The molecule has 1 unspecified atom stereocenters. The molecule has 20 heavy (non-hydrogen) atoms. The monoisotopic (exact) mass is 273 g/mol. The van der Waals surface area contributed by atoms with Crippen molar-refractivity contribution in [1.82, 2.24) is 9.88 Å².